The Hall–Kier alpha value is -2.77. The highest BCUT2D eigenvalue weighted by molar-refractivity contribution is 5.88. The van der Waals surface area contributed by atoms with E-state index in [9.17, 15) is 25.0 Å². The molecule has 0 saturated carbocycles. The van der Waals surface area contributed by atoms with Crippen LogP contribution in [0.3, 0.4) is 0 Å². The van der Waals surface area contributed by atoms with E-state index in [1.54, 1.807) is 6.92 Å². The summed E-state index contributed by atoms with van der Waals surface area (Å²) in [5.74, 6) is -0.643. The van der Waals surface area contributed by atoms with Gasteiger partial charge >= 0.3 is 5.97 Å². The molecule has 19 heavy (non-hydrogen) atoms. The molecule has 0 heterocycles. The zero-order valence-electron chi connectivity index (χ0n) is 9.94. The van der Waals surface area contributed by atoms with Crippen molar-refractivity contribution in [2.24, 2.45) is 0 Å². The number of esters is 1. The van der Waals surface area contributed by atoms with Crippen molar-refractivity contribution in [2.45, 2.75) is 6.92 Å². The second-order valence-corrected chi connectivity index (χ2v) is 3.34. The first kappa shape index (κ1) is 14.3. The van der Waals surface area contributed by atoms with Gasteiger partial charge in [-0.2, -0.15) is 0 Å². The lowest BCUT2D eigenvalue weighted by Crippen LogP contribution is -1.99. The number of hydrogen-bond donors (Lipinski definition) is 0. The second kappa shape index (κ2) is 6.24. The van der Waals surface area contributed by atoms with Crippen molar-refractivity contribution in [1.82, 2.24) is 0 Å². The molecule has 0 atom stereocenters. The van der Waals surface area contributed by atoms with Crippen molar-refractivity contribution in [3.05, 3.63) is 50.1 Å². The van der Waals surface area contributed by atoms with E-state index in [2.05, 4.69) is 4.74 Å². The van der Waals surface area contributed by atoms with Gasteiger partial charge in [0.15, 0.2) is 0 Å². The molecule has 0 bridgehead atoms. The first-order valence-electron chi connectivity index (χ1n) is 5.23. The lowest BCUT2D eigenvalue weighted by Gasteiger charge is -1.98. The summed E-state index contributed by atoms with van der Waals surface area (Å²) in [6, 6.07) is 3.16. The van der Waals surface area contributed by atoms with Gasteiger partial charge in [-0.3, -0.25) is 20.2 Å². The fourth-order valence-corrected chi connectivity index (χ4v) is 1.29. The Morgan fingerprint density at radius 1 is 1.32 bits per heavy atom. The van der Waals surface area contributed by atoms with Crippen LogP contribution in [0.4, 0.5) is 11.4 Å². The van der Waals surface area contributed by atoms with Crippen molar-refractivity contribution in [3.63, 3.8) is 0 Å². The number of carbonyl (C=O) groups is 1. The molecule has 0 fully saturated rings. The van der Waals surface area contributed by atoms with Gasteiger partial charge in [0.2, 0.25) is 0 Å². The molecule has 0 radical (unpaired) electrons. The summed E-state index contributed by atoms with van der Waals surface area (Å²) in [6.07, 6.45) is 2.21. The quantitative estimate of drug-likeness (QED) is 0.349. The summed E-state index contributed by atoms with van der Waals surface area (Å²) in [7, 11) is 0. The Morgan fingerprint density at radius 2 is 2.00 bits per heavy atom. The van der Waals surface area contributed by atoms with E-state index in [0.29, 0.717) is 0 Å². The highest BCUT2D eigenvalue weighted by Crippen LogP contribution is 2.25. The molecule has 0 N–H and O–H groups in total. The summed E-state index contributed by atoms with van der Waals surface area (Å²) < 4.78 is 4.62. The molecule has 0 spiro atoms. The molecule has 1 aromatic carbocycles. The number of non-ortho nitro benzene ring substituents is 1. The van der Waals surface area contributed by atoms with Crippen LogP contribution in [0.2, 0.25) is 0 Å². The van der Waals surface area contributed by atoms with Gasteiger partial charge in [0.05, 0.1) is 28.1 Å². The number of nitro benzene ring substituents is 2. The smallest absolute Gasteiger partial charge is 0.330 e. The van der Waals surface area contributed by atoms with Gasteiger partial charge < -0.3 is 4.74 Å². The van der Waals surface area contributed by atoms with Crippen LogP contribution < -0.4 is 0 Å². The average Bonchev–Trinajstić information content (AvgIpc) is 2.36. The Bertz CT molecular complexity index is 552. The minimum Gasteiger partial charge on any atom is -0.463 e. The predicted octanol–water partition coefficient (Wildman–Crippen LogP) is 2.08. The third-order valence-corrected chi connectivity index (χ3v) is 2.11. The molecule has 0 amide bonds. The van der Waals surface area contributed by atoms with Crippen LogP contribution in [0.25, 0.3) is 6.08 Å². The number of hydrogen-bond acceptors (Lipinski definition) is 6. The van der Waals surface area contributed by atoms with Crippen LogP contribution in [0.1, 0.15) is 12.5 Å². The summed E-state index contributed by atoms with van der Waals surface area (Å²) in [5, 5.41) is 21.3. The van der Waals surface area contributed by atoms with Crippen LogP contribution >= 0.6 is 0 Å². The van der Waals surface area contributed by atoms with Crippen LogP contribution in [-0.2, 0) is 9.53 Å². The summed E-state index contributed by atoms with van der Waals surface area (Å²) in [5.41, 5.74) is -0.751. The van der Waals surface area contributed by atoms with E-state index in [1.165, 1.54) is 12.1 Å². The molecular weight excluding hydrogens is 256 g/mol. The van der Waals surface area contributed by atoms with Crippen molar-refractivity contribution in [1.29, 1.82) is 0 Å². The highest BCUT2D eigenvalue weighted by Gasteiger charge is 2.17. The van der Waals surface area contributed by atoms with E-state index in [-0.39, 0.29) is 17.9 Å². The van der Waals surface area contributed by atoms with Gasteiger partial charge in [0.25, 0.3) is 11.4 Å². The Labute approximate surface area is 107 Å². The van der Waals surface area contributed by atoms with Gasteiger partial charge in [-0.25, -0.2) is 4.79 Å². The maximum absolute atomic E-state index is 11.1. The molecule has 1 aromatic rings. The highest BCUT2D eigenvalue weighted by atomic mass is 16.6. The molecule has 0 aliphatic rings. The van der Waals surface area contributed by atoms with Crippen molar-refractivity contribution in [3.8, 4) is 0 Å². The molecule has 0 aliphatic carbocycles. The minimum absolute atomic E-state index is 0.0867. The molecule has 0 aliphatic heterocycles. The van der Waals surface area contributed by atoms with Crippen molar-refractivity contribution >= 4 is 23.4 Å². The largest absolute Gasteiger partial charge is 0.463 e. The number of carbonyl (C=O) groups excluding carboxylic acids is 1. The third-order valence-electron chi connectivity index (χ3n) is 2.11. The lowest BCUT2D eigenvalue weighted by atomic mass is 10.1. The molecular formula is C11H10N2O6. The third kappa shape index (κ3) is 3.87. The monoisotopic (exact) mass is 266 g/mol. The van der Waals surface area contributed by atoms with Crippen LogP contribution in [0.15, 0.2) is 24.3 Å². The molecule has 8 nitrogen and oxygen atoms in total. The zero-order valence-corrected chi connectivity index (χ0v) is 9.94. The Kier molecular flexibility index (Phi) is 4.69. The van der Waals surface area contributed by atoms with Crippen LogP contribution in [0, 0.1) is 20.2 Å². The predicted molar refractivity (Wildman–Crippen MR) is 65.4 cm³/mol. The zero-order chi connectivity index (χ0) is 14.4. The first-order valence-corrected chi connectivity index (χ1v) is 5.23. The average molecular weight is 266 g/mol. The van der Waals surface area contributed by atoms with Crippen LogP contribution in [0.5, 0.6) is 0 Å². The van der Waals surface area contributed by atoms with E-state index in [1.807, 2.05) is 0 Å². The standard InChI is InChI=1S/C11H10N2O6/c1-2-19-11(14)6-4-8-3-5-9(12(15)16)7-10(8)13(17)18/h3-7H,2H2,1H3/b6-4+. The van der Waals surface area contributed by atoms with Crippen LogP contribution in [-0.4, -0.2) is 22.4 Å². The summed E-state index contributed by atoms with van der Waals surface area (Å²) in [4.78, 5) is 30.9. The van der Waals surface area contributed by atoms with E-state index < -0.39 is 21.5 Å². The molecule has 0 aromatic heterocycles. The number of nitro groups is 2. The molecule has 100 valence electrons. The summed E-state index contributed by atoms with van der Waals surface area (Å²) >= 11 is 0. The second-order valence-electron chi connectivity index (χ2n) is 3.34. The van der Waals surface area contributed by atoms with Gasteiger partial charge in [-0.05, 0) is 19.1 Å². The van der Waals surface area contributed by atoms with Gasteiger partial charge in [-0.1, -0.05) is 0 Å². The Morgan fingerprint density at radius 3 is 2.53 bits per heavy atom. The van der Waals surface area contributed by atoms with E-state index >= 15 is 0 Å². The van der Waals surface area contributed by atoms with E-state index in [0.717, 1.165) is 18.2 Å². The molecule has 0 unspecified atom stereocenters. The molecule has 8 heteroatoms. The molecule has 1 rings (SSSR count). The van der Waals surface area contributed by atoms with Gasteiger partial charge in [0, 0.05) is 12.1 Å². The SMILES string of the molecule is CCOC(=O)/C=C/c1ccc([N+](=O)[O-])cc1[N+](=O)[O-]. The van der Waals surface area contributed by atoms with Gasteiger partial charge in [-0.15, -0.1) is 0 Å². The van der Waals surface area contributed by atoms with E-state index in [4.69, 9.17) is 0 Å². The molecule has 0 saturated heterocycles. The lowest BCUT2D eigenvalue weighted by molar-refractivity contribution is -0.394. The Balaban J connectivity index is 3.10. The fourth-order valence-electron chi connectivity index (χ4n) is 1.29. The first-order chi connectivity index (χ1) is 8.95. The minimum atomic E-state index is -0.752. The maximum atomic E-state index is 11.1. The number of nitrogens with zero attached hydrogens (tertiary/aromatic N) is 2. The topological polar surface area (TPSA) is 113 Å². The number of benzene rings is 1. The number of rotatable bonds is 5. The summed E-state index contributed by atoms with van der Waals surface area (Å²) in [6.45, 7) is 1.81. The number of ether oxygens (including phenoxy) is 1. The maximum Gasteiger partial charge on any atom is 0.330 e. The van der Waals surface area contributed by atoms with Crippen molar-refractivity contribution < 1.29 is 19.4 Å². The van der Waals surface area contributed by atoms with Crippen molar-refractivity contribution in [2.75, 3.05) is 6.61 Å². The fraction of sp³-hybridized carbons (Fsp3) is 0.182. The van der Waals surface area contributed by atoms with Gasteiger partial charge in [0.1, 0.15) is 0 Å². The normalized spacial score (nSPS) is 10.4.